The standard InChI is InChI=1S/C19H19ClN2O5S/c20-15-4-3-5-16(12-15)21-18(23)13-27-19(24)14-6-8-17(9-7-14)28(25,26)22-10-1-2-11-22/h3-9,12H,1-2,10-11,13H2,(H,21,23). The van der Waals surface area contributed by atoms with E-state index in [1.54, 1.807) is 24.3 Å². The van der Waals surface area contributed by atoms with Crippen LogP contribution in [0.2, 0.25) is 5.02 Å². The summed E-state index contributed by atoms with van der Waals surface area (Å²) >= 11 is 5.84. The van der Waals surface area contributed by atoms with Gasteiger partial charge in [-0.15, -0.1) is 0 Å². The molecular weight excluding hydrogens is 404 g/mol. The molecule has 1 aliphatic rings. The molecule has 1 aliphatic heterocycles. The van der Waals surface area contributed by atoms with Crippen LogP contribution in [-0.4, -0.2) is 44.3 Å². The third kappa shape index (κ3) is 4.89. The van der Waals surface area contributed by atoms with Gasteiger partial charge in [-0.05, 0) is 55.3 Å². The van der Waals surface area contributed by atoms with Crippen LogP contribution in [0.5, 0.6) is 0 Å². The fourth-order valence-electron chi connectivity index (χ4n) is 2.82. The number of nitrogens with one attached hydrogen (secondary N) is 1. The first-order valence-electron chi connectivity index (χ1n) is 8.69. The number of carbonyl (C=O) groups is 2. The average molecular weight is 423 g/mol. The van der Waals surface area contributed by atoms with Gasteiger partial charge in [-0.25, -0.2) is 13.2 Å². The normalized spacial score (nSPS) is 14.6. The lowest BCUT2D eigenvalue weighted by molar-refractivity contribution is -0.119. The summed E-state index contributed by atoms with van der Waals surface area (Å²) in [6.45, 7) is 0.543. The summed E-state index contributed by atoms with van der Waals surface area (Å²) < 4.78 is 31.4. The molecule has 28 heavy (non-hydrogen) atoms. The van der Waals surface area contributed by atoms with Crippen molar-refractivity contribution in [3.8, 4) is 0 Å². The predicted molar refractivity (Wildman–Crippen MR) is 105 cm³/mol. The van der Waals surface area contributed by atoms with Gasteiger partial charge < -0.3 is 10.1 Å². The molecular formula is C19H19ClN2O5S. The van der Waals surface area contributed by atoms with Crippen molar-refractivity contribution in [2.24, 2.45) is 0 Å². The van der Waals surface area contributed by atoms with Crippen LogP contribution in [0.4, 0.5) is 5.69 Å². The molecule has 2 aromatic rings. The van der Waals surface area contributed by atoms with E-state index in [9.17, 15) is 18.0 Å². The Kier molecular flexibility index (Phi) is 6.33. The fraction of sp³-hybridized carbons (Fsp3) is 0.263. The molecule has 0 radical (unpaired) electrons. The van der Waals surface area contributed by atoms with Crippen LogP contribution in [0.25, 0.3) is 0 Å². The largest absolute Gasteiger partial charge is 0.452 e. The van der Waals surface area contributed by atoms with E-state index in [-0.39, 0.29) is 10.5 Å². The second-order valence-electron chi connectivity index (χ2n) is 6.27. The van der Waals surface area contributed by atoms with Gasteiger partial charge in [0.25, 0.3) is 5.91 Å². The molecule has 1 fully saturated rings. The lowest BCUT2D eigenvalue weighted by Crippen LogP contribution is -2.27. The van der Waals surface area contributed by atoms with Crippen LogP contribution in [0.1, 0.15) is 23.2 Å². The van der Waals surface area contributed by atoms with Crippen molar-refractivity contribution >= 4 is 39.2 Å². The number of hydrogen-bond acceptors (Lipinski definition) is 5. The van der Waals surface area contributed by atoms with E-state index < -0.39 is 28.5 Å². The van der Waals surface area contributed by atoms with Gasteiger partial charge in [0, 0.05) is 23.8 Å². The topological polar surface area (TPSA) is 92.8 Å². The fourth-order valence-corrected chi connectivity index (χ4v) is 4.53. The quantitative estimate of drug-likeness (QED) is 0.722. The highest BCUT2D eigenvalue weighted by molar-refractivity contribution is 7.89. The molecule has 0 atom stereocenters. The first kappa shape index (κ1) is 20.3. The molecule has 0 aromatic heterocycles. The number of amides is 1. The van der Waals surface area contributed by atoms with E-state index in [0.717, 1.165) is 12.8 Å². The number of anilines is 1. The van der Waals surface area contributed by atoms with Crippen molar-refractivity contribution in [1.82, 2.24) is 4.31 Å². The zero-order valence-corrected chi connectivity index (χ0v) is 16.5. The minimum atomic E-state index is -3.54. The van der Waals surface area contributed by atoms with Gasteiger partial charge in [0.1, 0.15) is 0 Å². The number of carbonyl (C=O) groups excluding carboxylic acids is 2. The number of nitrogens with zero attached hydrogens (tertiary/aromatic N) is 1. The lowest BCUT2D eigenvalue weighted by Gasteiger charge is -2.15. The summed E-state index contributed by atoms with van der Waals surface area (Å²) in [5.41, 5.74) is 0.654. The van der Waals surface area contributed by atoms with Gasteiger partial charge in [0.05, 0.1) is 10.5 Å². The molecule has 148 valence electrons. The molecule has 1 amide bonds. The highest BCUT2D eigenvalue weighted by Crippen LogP contribution is 2.21. The maximum Gasteiger partial charge on any atom is 0.338 e. The summed E-state index contributed by atoms with van der Waals surface area (Å²) in [7, 11) is -3.54. The van der Waals surface area contributed by atoms with E-state index in [1.165, 1.54) is 28.6 Å². The number of esters is 1. The molecule has 0 aliphatic carbocycles. The number of hydrogen-bond donors (Lipinski definition) is 1. The minimum Gasteiger partial charge on any atom is -0.452 e. The number of ether oxygens (including phenoxy) is 1. The first-order valence-corrected chi connectivity index (χ1v) is 10.5. The Morgan fingerprint density at radius 1 is 1.07 bits per heavy atom. The van der Waals surface area contributed by atoms with Gasteiger partial charge >= 0.3 is 5.97 Å². The van der Waals surface area contributed by atoms with Crippen molar-refractivity contribution in [3.05, 3.63) is 59.1 Å². The SMILES string of the molecule is O=C(COC(=O)c1ccc(S(=O)(=O)N2CCCC2)cc1)Nc1cccc(Cl)c1. The maximum atomic E-state index is 12.5. The predicted octanol–water partition coefficient (Wildman–Crippen LogP) is 2.92. The lowest BCUT2D eigenvalue weighted by atomic mass is 10.2. The average Bonchev–Trinajstić information content (AvgIpc) is 3.22. The summed E-state index contributed by atoms with van der Waals surface area (Å²) in [4.78, 5) is 24.1. The zero-order valence-electron chi connectivity index (χ0n) is 14.9. The molecule has 1 heterocycles. The molecule has 0 spiro atoms. The van der Waals surface area contributed by atoms with Crippen molar-refractivity contribution < 1.29 is 22.7 Å². The summed E-state index contributed by atoms with van der Waals surface area (Å²) in [5, 5.41) is 3.04. The molecule has 7 nitrogen and oxygen atoms in total. The molecule has 3 rings (SSSR count). The highest BCUT2D eigenvalue weighted by Gasteiger charge is 2.27. The van der Waals surface area contributed by atoms with Gasteiger partial charge in [-0.2, -0.15) is 4.31 Å². The monoisotopic (exact) mass is 422 g/mol. The Labute approximate surface area is 168 Å². The Morgan fingerprint density at radius 2 is 1.75 bits per heavy atom. The third-order valence-electron chi connectivity index (χ3n) is 4.24. The third-order valence-corrected chi connectivity index (χ3v) is 6.38. The number of sulfonamides is 1. The molecule has 0 bridgehead atoms. The Balaban J connectivity index is 1.56. The Bertz CT molecular complexity index is 970. The van der Waals surface area contributed by atoms with Crippen LogP contribution in [-0.2, 0) is 19.6 Å². The van der Waals surface area contributed by atoms with Crippen molar-refractivity contribution in [3.63, 3.8) is 0 Å². The van der Waals surface area contributed by atoms with Crippen molar-refractivity contribution in [1.29, 1.82) is 0 Å². The van der Waals surface area contributed by atoms with E-state index in [1.807, 2.05) is 0 Å². The van der Waals surface area contributed by atoms with E-state index in [0.29, 0.717) is 23.8 Å². The van der Waals surface area contributed by atoms with E-state index >= 15 is 0 Å². The minimum absolute atomic E-state index is 0.129. The van der Waals surface area contributed by atoms with Gasteiger partial charge in [0.15, 0.2) is 6.61 Å². The van der Waals surface area contributed by atoms with Gasteiger partial charge in [0.2, 0.25) is 10.0 Å². The highest BCUT2D eigenvalue weighted by atomic mass is 35.5. The molecule has 9 heteroatoms. The van der Waals surface area contributed by atoms with Crippen LogP contribution < -0.4 is 5.32 Å². The summed E-state index contributed by atoms with van der Waals surface area (Å²) in [6.07, 6.45) is 1.70. The number of benzene rings is 2. The molecule has 1 saturated heterocycles. The first-order chi connectivity index (χ1) is 13.4. The van der Waals surface area contributed by atoms with Crippen molar-refractivity contribution in [2.75, 3.05) is 25.0 Å². The Morgan fingerprint density at radius 3 is 2.39 bits per heavy atom. The van der Waals surface area contributed by atoms with Crippen LogP contribution in [0, 0.1) is 0 Å². The van der Waals surface area contributed by atoms with Crippen LogP contribution in [0.3, 0.4) is 0 Å². The molecule has 1 N–H and O–H groups in total. The number of halogens is 1. The Hall–Kier alpha value is -2.42. The van der Waals surface area contributed by atoms with E-state index in [4.69, 9.17) is 16.3 Å². The van der Waals surface area contributed by atoms with Crippen molar-refractivity contribution in [2.45, 2.75) is 17.7 Å². The smallest absolute Gasteiger partial charge is 0.338 e. The van der Waals surface area contributed by atoms with Crippen LogP contribution >= 0.6 is 11.6 Å². The van der Waals surface area contributed by atoms with Gasteiger partial charge in [-0.3, -0.25) is 4.79 Å². The summed E-state index contributed by atoms with van der Waals surface area (Å²) in [6, 6.07) is 12.1. The summed E-state index contributed by atoms with van der Waals surface area (Å²) in [5.74, 6) is -1.23. The molecule has 2 aromatic carbocycles. The second-order valence-corrected chi connectivity index (χ2v) is 8.64. The van der Waals surface area contributed by atoms with Gasteiger partial charge in [-0.1, -0.05) is 17.7 Å². The zero-order chi connectivity index (χ0) is 20.1. The van der Waals surface area contributed by atoms with E-state index in [2.05, 4.69) is 5.32 Å². The second kappa shape index (κ2) is 8.72. The molecule has 0 unspecified atom stereocenters. The maximum absolute atomic E-state index is 12.5. The number of rotatable bonds is 6. The molecule has 0 saturated carbocycles. The van der Waals surface area contributed by atoms with Crippen LogP contribution in [0.15, 0.2) is 53.4 Å².